The molecule has 14 heavy (non-hydrogen) atoms. The molecule has 1 fully saturated rings. The van der Waals surface area contributed by atoms with Gasteiger partial charge in [-0.2, -0.15) is 11.8 Å². The van der Waals surface area contributed by atoms with Crippen molar-refractivity contribution < 1.29 is 4.79 Å². The minimum atomic E-state index is 0.185. The summed E-state index contributed by atoms with van der Waals surface area (Å²) in [5.74, 6) is 0.185. The van der Waals surface area contributed by atoms with Crippen LogP contribution in [0.1, 0.15) is 19.8 Å². The average molecular weight is 216 g/mol. The number of hydrogen-bond acceptors (Lipinski definition) is 3. The van der Waals surface area contributed by atoms with E-state index in [1.165, 1.54) is 12.8 Å². The van der Waals surface area contributed by atoms with Crippen LogP contribution in [0.15, 0.2) is 0 Å². The zero-order valence-electron chi connectivity index (χ0n) is 9.30. The van der Waals surface area contributed by atoms with E-state index in [4.69, 9.17) is 0 Å². The van der Waals surface area contributed by atoms with E-state index in [1.807, 2.05) is 25.7 Å². The van der Waals surface area contributed by atoms with Gasteiger partial charge in [0.1, 0.15) is 0 Å². The molecule has 0 aromatic heterocycles. The summed E-state index contributed by atoms with van der Waals surface area (Å²) < 4.78 is 0.449. The number of carbonyl (C=O) groups is 1. The van der Waals surface area contributed by atoms with Gasteiger partial charge in [-0.15, -0.1) is 0 Å². The first-order valence-corrected chi connectivity index (χ1v) is 6.36. The molecule has 0 unspecified atom stereocenters. The fraction of sp³-hybridized carbons (Fsp3) is 0.900. The zero-order chi connectivity index (χ0) is 10.6. The topological polar surface area (TPSA) is 32.3 Å². The highest BCUT2D eigenvalue weighted by Gasteiger charge is 2.41. The van der Waals surface area contributed by atoms with Gasteiger partial charge in [0.25, 0.3) is 0 Å². The molecule has 0 aliphatic heterocycles. The molecular weight excluding hydrogens is 196 g/mol. The van der Waals surface area contributed by atoms with Crippen LogP contribution in [0.3, 0.4) is 0 Å². The first-order chi connectivity index (χ1) is 6.63. The summed E-state index contributed by atoms with van der Waals surface area (Å²) in [6.45, 7) is 4.22. The molecule has 1 aliphatic rings. The van der Waals surface area contributed by atoms with Crippen LogP contribution in [0.4, 0.5) is 0 Å². The largest absolute Gasteiger partial charge is 0.345 e. The predicted octanol–water partition coefficient (Wildman–Crippen LogP) is 0.950. The van der Waals surface area contributed by atoms with Gasteiger partial charge in [-0.05, 0) is 26.0 Å². The molecule has 1 N–H and O–H groups in total. The molecule has 1 amide bonds. The van der Waals surface area contributed by atoms with Crippen LogP contribution in [-0.4, -0.2) is 48.5 Å². The van der Waals surface area contributed by atoms with Gasteiger partial charge in [0.05, 0.1) is 6.54 Å². The third-order valence-electron chi connectivity index (χ3n) is 2.86. The average Bonchev–Trinajstić information content (AvgIpc) is 2.97. The van der Waals surface area contributed by atoms with E-state index >= 15 is 0 Å². The van der Waals surface area contributed by atoms with E-state index in [0.717, 1.165) is 13.1 Å². The summed E-state index contributed by atoms with van der Waals surface area (Å²) >= 11 is 1.92. The van der Waals surface area contributed by atoms with Gasteiger partial charge in [-0.1, -0.05) is 0 Å². The van der Waals surface area contributed by atoms with Crippen molar-refractivity contribution >= 4 is 17.7 Å². The maximum absolute atomic E-state index is 11.4. The number of carbonyl (C=O) groups excluding carboxylic acids is 1. The molecule has 0 spiro atoms. The van der Waals surface area contributed by atoms with Crippen molar-refractivity contribution in [1.82, 2.24) is 10.2 Å². The van der Waals surface area contributed by atoms with E-state index in [9.17, 15) is 4.79 Å². The third-order valence-corrected chi connectivity index (χ3v) is 4.28. The number of amides is 1. The van der Waals surface area contributed by atoms with Gasteiger partial charge in [0.15, 0.2) is 0 Å². The fourth-order valence-electron chi connectivity index (χ4n) is 1.30. The summed E-state index contributed by atoms with van der Waals surface area (Å²) in [5, 5.41) is 3.24. The highest BCUT2D eigenvalue weighted by Crippen LogP contribution is 2.46. The van der Waals surface area contributed by atoms with E-state index in [-0.39, 0.29) is 5.91 Å². The van der Waals surface area contributed by atoms with Gasteiger partial charge in [0, 0.05) is 24.9 Å². The smallest absolute Gasteiger partial charge is 0.236 e. The van der Waals surface area contributed by atoms with Crippen molar-refractivity contribution in [2.24, 2.45) is 0 Å². The molecule has 0 radical (unpaired) electrons. The van der Waals surface area contributed by atoms with Gasteiger partial charge in [0.2, 0.25) is 5.91 Å². The SMILES string of the molecule is CCN(C)C(=O)CNCC1(SC)CC1. The van der Waals surface area contributed by atoms with Crippen LogP contribution in [0.2, 0.25) is 0 Å². The lowest BCUT2D eigenvalue weighted by Crippen LogP contribution is -2.38. The molecule has 0 aromatic rings. The van der Waals surface area contributed by atoms with Crippen LogP contribution >= 0.6 is 11.8 Å². The maximum Gasteiger partial charge on any atom is 0.236 e. The number of thioether (sulfide) groups is 1. The minimum absolute atomic E-state index is 0.185. The second kappa shape index (κ2) is 5.03. The minimum Gasteiger partial charge on any atom is -0.345 e. The van der Waals surface area contributed by atoms with E-state index in [0.29, 0.717) is 11.3 Å². The quantitative estimate of drug-likeness (QED) is 0.717. The highest BCUT2D eigenvalue weighted by molar-refractivity contribution is 8.00. The number of hydrogen-bond donors (Lipinski definition) is 1. The Balaban J connectivity index is 2.12. The fourth-order valence-corrected chi connectivity index (χ4v) is 2.06. The lowest BCUT2D eigenvalue weighted by molar-refractivity contribution is -0.128. The third kappa shape index (κ3) is 3.17. The molecule has 0 bridgehead atoms. The van der Waals surface area contributed by atoms with Crippen LogP contribution in [0.25, 0.3) is 0 Å². The van der Waals surface area contributed by atoms with Crippen molar-refractivity contribution in [2.45, 2.75) is 24.5 Å². The molecule has 0 saturated heterocycles. The molecule has 1 aliphatic carbocycles. The lowest BCUT2D eigenvalue weighted by atomic mass is 10.4. The second-order valence-corrected chi connectivity index (χ2v) is 5.17. The molecule has 0 aromatic carbocycles. The lowest BCUT2D eigenvalue weighted by Gasteiger charge is -2.17. The van der Waals surface area contributed by atoms with Gasteiger partial charge < -0.3 is 10.2 Å². The first-order valence-electron chi connectivity index (χ1n) is 5.13. The molecule has 3 nitrogen and oxygen atoms in total. The summed E-state index contributed by atoms with van der Waals surface area (Å²) in [7, 11) is 1.84. The van der Waals surface area contributed by atoms with Gasteiger partial charge >= 0.3 is 0 Å². The predicted molar refractivity (Wildman–Crippen MR) is 61.7 cm³/mol. The van der Waals surface area contributed by atoms with Crippen molar-refractivity contribution in [3.05, 3.63) is 0 Å². The van der Waals surface area contributed by atoms with Crippen molar-refractivity contribution in [3.8, 4) is 0 Å². The number of likely N-dealkylation sites (N-methyl/N-ethyl adjacent to an activating group) is 1. The first kappa shape index (κ1) is 11.9. The van der Waals surface area contributed by atoms with Crippen molar-refractivity contribution in [2.75, 3.05) is 32.9 Å². The van der Waals surface area contributed by atoms with Crippen LogP contribution in [-0.2, 0) is 4.79 Å². The molecule has 82 valence electrons. The molecule has 4 heteroatoms. The Morgan fingerprint density at radius 1 is 1.57 bits per heavy atom. The van der Waals surface area contributed by atoms with Crippen molar-refractivity contribution in [3.63, 3.8) is 0 Å². The molecule has 1 saturated carbocycles. The summed E-state index contributed by atoms with van der Waals surface area (Å²) in [6.07, 6.45) is 4.73. The highest BCUT2D eigenvalue weighted by atomic mass is 32.2. The van der Waals surface area contributed by atoms with E-state index in [2.05, 4.69) is 11.6 Å². The second-order valence-electron chi connectivity index (χ2n) is 3.90. The maximum atomic E-state index is 11.4. The van der Waals surface area contributed by atoms with Crippen LogP contribution < -0.4 is 5.32 Å². The zero-order valence-corrected chi connectivity index (χ0v) is 10.1. The van der Waals surface area contributed by atoms with Crippen molar-refractivity contribution in [1.29, 1.82) is 0 Å². The Kier molecular flexibility index (Phi) is 4.26. The van der Waals surface area contributed by atoms with Gasteiger partial charge in [-0.3, -0.25) is 4.79 Å². The summed E-state index contributed by atoms with van der Waals surface area (Å²) in [4.78, 5) is 13.2. The molecular formula is C10H20N2OS. The van der Waals surface area contributed by atoms with E-state index in [1.54, 1.807) is 4.90 Å². The Morgan fingerprint density at radius 3 is 2.64 bits per heavy atom. The molecule has 0 atom stereocenters. The summed E-state index contributed by atoms with van der Waals surface area (Å²) in [6, 6.07) is 0. The Hall–Kier alpha value is -0.220. The number of nitrogens with one attached hydrogen (secondary N) is 1. The van der Waals surface area contributed by atoms with Gasteiger partial charge in [-0.25, -0.2) is 0 Å². The van der Waals surface area contributed by atoms with Crippen LogP contribution in [0.5, 0.6) is 0 Å². The Morgan fingerprint density at radius 2 is 2.21 bits per heavy atom. The van der Waals surface area contributed by atoms with E-state index < -0.39 is 0 Å². The number of rotatable bonds is 6. The molecule has 1 rings (SSSR count). The Bertz CT molecular complexity index is 204. The Labute approximate surface area is 90.6 Å². The van der Waals surface area contributed by atoms with Crippen LogP contribution in [0, 0.1) is 0 Å². The monoisotopic (exact) mass is 216 g/mol. The number of nitrogens with zero attached hydrogens (tertiary/aromatic N) is 1. The standard InChI is InChI=1S/C10H20N2OS/c1-4-12(2)9(13)7-11-8-10(14-3)5-6-10/h11H,4-8H2,1-3H3. The molecule has 0 heterocycles. The summed E-state index contributed by atoms with van der Waals surface area (Å²) in [5.41, 5.74) is 0. The normalized spacial score (nSPS) is 17.9.